The predicted octanol–water partition coefficient (Wildman–Crippen LogP) is 3.95. The monoisotopic (exact) mass is 337 g/mol. The topological polar surface area (TPSA) is 50.8 Å². The van der Waals surface area contributed by atoms with E-state index in [0.29, 0.717) is 27.6 Å². The molecule has 2 heterocycles. The van der Waals surface area contributed by atoms with E-state index in [2.05, 4.69) is 30.9 Å². The molecule has 0 bridgehead atoms. The average Bonchev–Trinajstić information content (AvgIpc) is 2.92. The maximum atomic E-state index is 6.05. The number of benzene rings is 1. The number of fused-ring (bicyclic) bond motifs is 1. The molecule has 0 saturated heterocycles. The summed E-state index contributed by atoms with van der Waals surface area (Å²) in [5.41, 5.74) is 2.50. The summed E-state index contributed by atoms with van der Waals surface area (Å²) in [6.07, 6.45) is 1.59. The number of halogens is 2. The van der Waals surface area contributed by atoms with Gasteiger partial charge in [0.1, 0.15) is 11.8 Å². The third kappa shape index (κ3) is 2.43. The largest absolute Gasteiger partial charge is 0.471 e. The minimum absolute atomic E-state index is 0.347. The molecule has 3 aromatic rings. The second-order valence-electron chi connectivity index (χ2n) is 3.92. The molecule has 0 aliphatic heterocycles. The number of hydrogen-bond donors (Lipinski definition) is 1. The van der Waals surface area contributed by atoms with Gasteiger partial charge in [-0.3, -0.25) is 0 Å². The molecule has 1 aromatic carbocycles. The lowest BCUT2D eigenvalue weighted by atomic mass is 10.2. The van der Waals surface area contributed by atoms with E-state index in [1.807, 2.05) is 30.3 Å². The van der Waals surface area contributed by atoms with Crippen molar-refractivity contribution in [3.8, 4) is 5.88 Å². The summed E-state index contributed by atoms with van der Waals surface area (Å²) in [7, 11) is 0. The van der Waals surface area contributed by atoms with Gasteiger partial charge in [-0.25, -0.2) is 4.98 Å². The summed E-state index contributed by atoms with van der Waals surface area (Å²) >= 11 is 9.41. The van der Waals surface area contributed by atoms with E-state index in [1.54, 1.807) is 6.33 Å². The molecule has 19 heavy (non-hydrogen) atoms. The van der Waals surface area contributed by atoms with Crippen LogP contribution in [0.3, 0.4) is 0 Å². The second kappa shape index (κ2) is 5.19. The molecule has 0 unspecified atom stereocenters. The Morgan fingerprint density at radius 1 is 1.26 bits per heavy atom. The van der Waals surface area contributed by atoms with Gasteiger partial charge in [-0.1, -0.05) is 41.9 Å². The van der Waals surface area contributed by atoms with Crippen LogP contribution in [0.2, 0.25) is 5.15 Å². The van der Waals surface area contributed by atoms with Crippen molar-refractivity contribution in [2.45, 2.75) is 6.61 Å². The summed E-state index contributed by atoms with van der Waals surface area (Å²) in [6.45, 7) is 0.424. The standard InChI is InChI=1S/C13H9BrClN3O/c14-9-10-11(17-7-16-10)13(18-12(9)15)19-6-8-4-2-1-3-5-8/h1-5,7H,6H2,(H,16,17). The third-order valence-electron chi connectivity index (χ3n) is 2.66. The summed E-state index contributed by atoms with van der Waals surface area (Å²) in [4.78, 5) is 11.4. The molecule has 0 atom stereocenters. The molecule has 0 aliphatic rings. The van der Waals surface area contributed by atoms with Crippen LogP contribution >= 0.6 is 27.5 Å². The molecule has 0 amide bonds. The predicted molar refractivity (Wildman–Crippen MR) is 77.4 cm³/mol. The van der Waals surface area contributed by atoms with E-state index >= 15 is 0 Å². The number of rotatable bonds is 3. The highest BCUT2D eigenvalue weighted by molar-refractivity contribution is 9.10. The molecular formula is C13H9BrClN3O. The van der Waals surface area contributed by atoms with Crippen molar-refractivity contribution in [2.75, 3.05) is 0 Å². The molecule has 96 valence electrons. The highest BCUT2D eigenvalue weighted by Gasteiger charge is 2.14. The second-order valence-corrected chi connectivity index (χ2v) is 5.07. The Kier molecular flexibility index (Phi) is 3.40. The highest BCUT2D eigenvalue weighted by Crippen LogP contribution is 2.32. The van der Waals surface area contributed by atoms with Crippen LogP contribution in [0, 0.1) is 0 Å². The zero-order valence-corrected chi connectivity index (χ0v) is 12.1. The summed E-state index contributed by atoms with van der Waals surface area (Å²) in [5.74, 6) is 0.424. The van der Waals surface area contributed by atoms with E-state index in [1.165, 1.54) is 0 Å². The van der Waals surface area contributed by atoms with Gasteiger partial charge in [0.2, 0.25) is 5.88 Å². The van der Waals surface area contributed by atoms with Crippen molar-refractivity contribution < 1.29 is 4.74 Å². The van der Waals surface area contributed by atoms with Crippen LogP contribution in [-0.4, -0.2) is 15.0 Å². The zero-order valence-electron chi connectivity index (χ0n) is 9.73. The molecule has 2 aromatic heterocycles. The van der Waals surface area contributed by atoms with Crippen molar-refractivity contribution in [2.24, 2.45) is 0 Å². The Morgan fingerprint density at radius 3 is 2.84 bits per heavy atom. The molecule has 0 radical (unpaired) electrons. The van der Waals surface area contributed by atoms with E-state index in [4.69, 9.17) is 16.3 Å². The first-order valence-electron chi connectivity index (χ1n) is 5.60. The fourth-order valence-corrected chi connectivity index (χ4v) is 2.31. The fraction of sp³-hybridized carbons (Fsp3) is 0.0769. The first-order valence-corrected chi connectivity index (χ1v) is 6.77. The van der Waals surface area contributed by atoms with Crippen LogP contribution < -0.4 is 4.74 Å². The summed E-state index contributed by atoms with van der Waals surface area (Å²) in [5, 5.41) is 0.347. The maximum absolute atomic E-state index is 6.05. The van der Waals surface area contributed by atoms with Crippen molar-refractivity contribution in [1.29, 1.82) is 0 Å². The lowest BCUT2D eigenvalue weighted by Gasteiger charge is -2.07. The smallest absolute Gasteiger partial charge is 0.244 e. The minimum atomic E-state index is 0.347. The Labute approximate surface area is 122 Å². The van der Waals surface area contributed by atoms with Gasteiger partial charge in [0.05, 0.1) is 16.3 Å². The normalized spacial score (nSPS) is 10.8. The Morgan fingerprint density at radius 2 is 2.05 bits per heavy atom. The van der Waals surface area contributed by atoms with Gasteiger partial charge in [0, 0.05) is 0 Å². The molecule has 6 heteroatoms. The first-order chi connectivity index (χ1) is 9.25. The molecule has 0 fully saturated rings. The number of aromatic amines is 1. The summed E-state index contributed by atoms with van der Waals surface area (Å²) in [6, 6.07) is 9.87. The van der Waals surface area contributed by atoms with Crippen LogP contribution in [0.15, 0.2) is 41.1 Å². The Hall–Kier alpha value is -1.59. The number of aromatic nitrogens is 3. The first kappa shape index (κ1) is 12.4. The van der Waals surface area contributed by atoms with Crippen molar-refractivity contribution >= 4 is 38.6 Å². The zero-order chi connectivity index (χ0) is 13.2. The van der Waals surface area contributed by atoms with E-state index in [0.717, 1.165) is 11.1 Å². The van der Waals surface area contributed by atoms with E-state index in [9.17, 15) is 0 Å². The van der Waals surface area contributed by atoms with Crippen molar-refractivity contribution in [3.05, 3.63) is 51.8 Å². The van der Waals surface area contributed by atoms with E-state index in [-0.39, 0.29) is 0 Å². The quantitative estimate of drug-likeness (QED) is 0.736. The minimum Gasteiger partial charge on any atom is -0.471 e. The van der Waals surface area contributed by atoms with Crippen LogP contribution in [0.4, 0.5) is 0 Å². The maximum Gasteiger partial charge on any atom is 0.244 e. The van der Waals surface area contributed by atoms with Gasteiger partial charge in [-0.05, 0) is 21.5 Å². The number of ether oxygens (including phenoxy) is 1. The van der Waals surface area contributed by atoms with Gasteiger partial charge in [0.25, 0.3) is 0 Å². The number of nitrogens with zero attached hydrogens (tertiary/aromatic N) is 2. The lowest BCUT2D eigenvalue weighted by Crippen LogP contribution is -1.98. The number of hydrogen-bond acceptors (Lipinski definition) is 3. The molecular weight excluding hydrogens is 330 g/mol. The Bertz CT molecular complexity index is 714. The van der Waals surface area contributed by atoms with Gasteiger partial charge >= 0.3 is 0 Å². The molecule has 0 saturated carbocycles. The van der Waals surface area contributed by atoms with Crippen LogP contribution in [0.25, 0.3) is 11.0 Å². The van der Waals surface area contributed by atoms with Crippen molar-refractivity contribution in [3.63, 3.8) is 0 Å². The average molecular weight is 339 g/mol. The molecule has 0 aliphatic carbocycles. The molecule has 4 nitrogen and oxygen atoms in total. The fourth-order valence-electron chi connectivity index (χ4n) is 1.74. The Balaban J connectivity index is 1.93. The van der Waals surface area contributed by atoms with Crippen LogP contribution in [0.5, 0.6) is 5.88 Å². The number of H-pyrrole nitrogens is 1. The van der Waals surface area contributed by atoms with E-state index < -0.39 is 0 Å². The molecule has 3 rings (SSSR count). The molecule has 0 spiro atoms. The SMILES string of the molecule is Clc1nc(OCc2ccccc2)c2nc[nH]c2c1Br. The molecule has 1 N–H and O–H groups in total. The third-order valence-corrected chi connectivity index (χ3v) is 3.93. The van der Waals surface area contributed by atoms with Crippen LogP contribution in [0.1, 0.15) is 5.56 Å². The van der Waals surface area contributed by atoms with Gasteiger partial charge in [-0.2, -0.15) is 4.98 Å². The lowest BCUT2D eigenvalue weighted by molar-refractivity contribution is 0.297. The highest BCUT2D eigenvalue weighted by atomic mass is 79.9. The van der Waals surface area contributed by atoms with Gasteiger partial charge < -0.3 is 9.72 Å². The van der Waals surface area contributed by atoms with Gasteiger partial charge in [-0.15, -0.1) is 0 Å². The number of nitrogens with one attached hydrogen (secondary N) is 1. The number of pyridine rings is 1. The summed E-state index contributed by atoms with van der Waals surface area (Å²) < 4.78 is 6.39. The van der Waals surface area contributed by atoms with Crippen molar-refractivity contribution in [1.82, 2.24) is 15.0 Å². The van der Waals surface area contributed by atoms with Crippen LogP contribution in [-0.2, 0) is 6.61 Å². The van der Waals surface area contributed by atoms with Gasteiger partial charge in [0.15, 0.2) is 5.52 Å². The number of imidazole rings is 1.